The van der Waals surface area contributed by atoms with Crippen molar-refractivity contribution in [3.63, 3.8) is 0 Å². The first-order valence-corrected chi connectivity index (χ1v) is 4.76. The SMILES string of the molecule is COC1(Cc2nc(C(=O)O)no2)CCC1. The number of carboxylic acids is 1. The molecule has 0 bridgehead atoms. The van der Waals surface area contributed by atoms with Gasteiger partial charge in [0.05, 0.1) is 12.0 Å². The molecule has 0 spiro atoms. The van der Waals surface area contributed by atoms with E-state index in [1.54, 1.807) is 7.11 Å². The number of nitrogens with zero attached hydrogens (tertiary/aromatic N) is 2. The lowest BCUT2D eigenvalue weighted by Crippen LogP contribution is -2.41. The van der Waals surface area contributed by atoms with Gasteiger partial charge in [-0.2, -0.15) is 4.98 Å². The van der Waals surface area contributed by atoms with Crippen LogP contribution in [0, 0.1) is 0 Å². The van der Waals surface area contributed by atoms with Crippen molar-refractivity contribution in [1.82, 2.24) is 10.1 Å². The van der Waals surface area contributed by atoms with Crippen molar-refractivity contribution >= 4 is 5.97 Å². The maximum absolute atomic E-state index is 10.5. The van der Waals surface area contributed by atoms with E-state index >= 15 is 0 Å². The highest BCUT2D eigenvalue weighted by Crippen LogP contribution is 2.37. The summed E-state index contributed by atoms with van der Waals surface area (Å²) in [6.45, 7) is 0. The Balaban J connectivity index is 2.07. The molecule has 1 N–H and O–H groups in total. The van der Waals surface area contributed by atoms with Crippen molar-refractivity contribution in [3.05, 3.63) is 11.7 Å². The van der Waals surface area contributed by atoms with Crippen LogP contribution in [0.5, 0.6) is 0 Å². The van der Waals surface area contributed by atoms with Crippen LogP contribution >= 0.6 is 0 Å². The van der Waals surface area contributed by atoms with Crippen LogP contribution in [0.25, 0.3) is 0 Å². The highest BCUT2D eigenvalue weighted by Gasteiger charge is 2.39. The molecule has 15 heavy (non-hydrogen) atoms. The van der Waals surface area contributed by atoms with Crippen molar-refractivity contribution in [2.75, 3.05) is 7.11 Å². The van der Waals surface area contributed by atoms with Crippen molar-refractivity contribution in [1.29, 1.82) is 0 Å². The standard InChI is InChI=1S/C9H12N2O4/c1-14-9(3-2-4-9)5-6-10-7(8(12)13)11-15-6/h2-5H2,1H3,(H,12,13). The number of aromatic nitrogens is 2. The lowest BCUT2D eigenvalue weighted by atomic mass is 9.77. The van der Waals surface area contributed by atoms with E-state index in [9.17, 15) is 4.79 Å². The minimum Gasteiger partial charge on any atom is -0.475 e. The second-order valence-electron chi connectivity index (χ2n) is 3.73. The van der Waals surface area contributed by atoms with Crippen LogP contribution in [-0.4, -0.2) is 33.9 Å². The number of aromatic carboxylic acids is 1. The van der Waals surface area contributed by atoms with Crippen LogP contribution in [0.1, 0.15) is 35.8 Å². The van der Waals surface area contributed by atoms with Crippen molar-refractivity contribution in [3.8, 4) is 0 Å². The van der Waals surface area contributed by atoms with Gasteiger partial charge in [0.25, 0.3) is 5.82 Å². The van der Waals surface area contributed by atoms with Gasteiger partial charge in [-0.3, -0.25) is 0 Å². The minimum atomic E-state index is -1.18. The second-order valence-corrected chi connectivity index (χ2v) is 3.73. The van der Waals surface area contributed by atoms with E-state index < -0.39 is 5.97 Å². The second kappa shape index (κ2) is 3.62. The van der Waals surface area contributed by atoms with E-state index in [-0.39, 0.29) is 11.4 Å². The molecule has 0 unspecified atom stereocenters. The average Bonchev–Trinajstić information content (AvgIpc) is 2.59. The average molecular weight is 212 g/mol. The monoisotopic (exact) mass is 212 g/mol. The van der Waals surface area contributed by atoms with Crippen molar-refractivity contribution in [2.45, 2.75) is 31.3 Å². The van der Waals surface area contributed by atoms with E-state index in [2.05, 4.69) is 10.1 Å². The first-order chi connectivity index (χ1) is 7.15. The Morgan fingerprint density at radius 2 is 2.40 bits per heavy atom. The van der Waals surface area contributed by atoms with Crippen molar-refractivity contribution < 1.29 is 19.2 Å². The zero-order chi connectivity index (χ0) is 10.9. The fourth-order valence-corrected chi connectivity index (χ4v) is 1.71. The summed E-state index contributed by atoms with van der Waals surface area (Å²) in [6, 6.07) is 0. The highest BCUT2D eigenvalue weighted by atomic mass is 16.5. The molecule has 0 atom stereocenters. The summed E-state index contributed by atoms with van der Waals surface area (Å²) < 4.78 is 10.2. The predicted molar refractivity (Wildman–Crippen MR) is 48.6 cm³/mol. The maximum atomic E-state index is 10.5. The Morgan fingerprint density at radius 1 is 1.67 bits per heavy atom. The first kappa shape index (κ1) is 10.1. The number of methoxy groups -OCH3 is 1. The summed E-state index contributed by atoms with van der Waals surface area (Å²) in [5.74, 6) is -1.14. The molecule has 1 aliphatic carbocycles. The third-order valence-electron chi connectivity index (χ3n) is 2.83. The smallest absolute Gasteiger partial charge is 0.377 e. The van der Waals surface area contributed by atoms with Gasteiger partial charge in [-0.05, 0) is 24.4 Å². The third kappa shape index (κ3) is 1.85. The normalized spacial score (nSPS) is 18.5. The molecule has 1 fully saturated rings. The zero-order valence-electron chi connectivity index (χ0n) is 8.39. The quantitative estimate of drug-likeness (QED) is 0.797. The molecule has 1 saturated carbocycles. The van der Waals surface area contributed by atoms with Gasteiger partial charge in [0.15, 0.2) is 0 Å². The number of rotatable bonds is 4. The topological polar surface area (TPSA) is 85.5 Å². The van der Waals surface area contributed by atoms with Crippen molar-refractivity contribution in [2.24, 2.45) is 0 Å². The Labute approximate surface area is 86.2 Å². The number of ether oxygens (including phenoxy) is 1. The van der Waals surface area contributed by atoms with Crippen LogP contribution in [0.3, 0.4) is 0 Å². The summed E-state index contributed by atoms with van der Waals surface area (Å²) >= 11 is 0. The van der Waals surface area contributed by atoms with Gasteiger partial charge in [0.2, 0.25) is 5.89 Å². The lowest BCUT2D eigenvalue weighted by molar-refractivity contribution is -0.0751. The molecule has 1 aromatic heterocycles. The molecule has 0 aliphatic heterocycles. The summed E-state index contributed by atoms with van der Waals surface area (Å²) in [6.07, 6.45) is 3.51. The largest absolute Gasteiger partial charge is 0.475 e. The number of carboxylic acid groups (broad SMARTS) is 1. The molecule has 1 aromatic rings. The van der Waals surface area contributed by atoms with Gasteiger partial charge in [-0.25, -0.2) is 4.79 Å². The van der Waals surface area contributed by atoms with Gasteiger partial charge >= 0.3 is 5.97 Å². The molecule has 6 heteroatoms. The van der Waals surface area contributed by atoms with Gasteiger partial charge in [0.1, 0.15) is 0 Å². The lowest BCUT2D eigenvalue weighted by Gasteiger charge is -2.39. The zero-order valence-corrected chi connectivity index (χ0v) is 8.39. The first-order valence-electron chi connectivity index (χ1n) is 4.76. The summed E-state index contributed by atoms with van der Waals surface area (Å²) in [7, 11) is 1.65. The molecular weight excluding hydrogens is 200 g/mol. The molecule has 1 aliphatic rings. The fraction of sp³-hybridized carbons (Fsp3) is 0.667. The van der Waals surface area contributed by atoms with Crippen LogP contribution in [0.4, 0.5) is 0 Å². The van der Waals surface area contributed by atoms with Crippen LogP contribution in [0.15, 0.2) is 4.52 Å². The van der Waals surface area contributed by atoms with E-state index in [0.29, 0.717) is 12.3 Å². The summed E-state index contributed by atoms with van der Waals surface area (Å²) in [5, 5.41) is 12.0. The minimum absolute atomic E-state index is 0.220. The maximum Gasteiger partial charge on any atom is 0.377 e. The highest BCUT2D eigenvalue weighted by molar-refractivity contribution is 5.82. The van der Waals surface area contributed by atoms with Gasteiger partial charge in [-0.1, -0.05) is 0 Å². The van der Waals surface area contributed by atoms with E-state index in [1.165, 1.54) is 0 Å². The van der Waals surface area contributed by atoms with Gasteiger partial charge in [0, 0.05) is 7.11 Å². The molecule has 0 radical (unpaired) electrons. The van der Waals surface area contributed by atoms with Gasteiger partial charge in [-0.15, -0.1) is 0 Å². The molecule has 0 aromatic carbocycles. The van der Waals surface area contributed by atoms with Gasteiger partial charge < -0.3 is 14.4 Å². The Morgan fingerprint density at radius 3 is 2.80 bits per heavy atom. The van der Waals surface area contributed by atoms with E-state index in [1.807, 2.05) is 0 Å². The number of hydrogen-bond acceptors (Lipinski definition) is 5. The van der Waals surface area contributed by atoms with Crippen LogP contribution < -0.4 is 0 Å². The van der Waals surface area contributed by atoms with Crippen LogP contribution in [-0.2, 0) is 11.2 Å². The number of hydrogen-bond donors (Lipinski definition) is 1. The van der Waals surface area contributed by atoms with E-state index in [0.717, 1.165) is 19.3 Å². The third-order valence-corrected chi connectivity index (χ3v) is 2.83. The summed E-state index contributed by atoms with van der Waals surface area (Å²) in [5.41, 5.74) is -0.220. The summed E-state index contributed by atoms with van der Waals surface area (Å²) in [4.78, 5) is 14.3. The molecule has 0 saturated heterocycles. The van der Waals surface area contributed by atoms with E-state index in [4.69, 9.17) is 14.4 Å². The molecule has 82 valence electrons. The number of carbonyl (C=O) groups is 1. The Kier molecular flexibility index (Phi) is 2.44. The molecule has 0 amide bonds. The Hall–Kier alpha value is -1.43. The molecule has 2 rings (SSSR count). The Bertz CT molecular complexity index is 364. The molecule has 6 nitrogen and oxygen atoms in total. The molecular formula is C9H12N2O4. The predicted octanol–water partition coefficient (Wildman–Crippen LogP) is 0.879. The van der Waals surface area contributed by atoms with Crippen LogP contribution in [0.2, 0.25) is 0 Å². The molecule has 1 heterocycles. The fourth-order valence-electron chi connectivity index (χ4n) is 1.71.